The van der Waals surface area contributed by atoms with Crippen LogP contribution in [0.2, 0.25) is 0 Å². The third kappa shape index (κ3) is 3.22. The maximum absolute atomic E-state index is 13.2. The Balaban J connectivity index is 2.22. The van der Waals surface area contributed by atoms with Crippen LogP contribution in [-0.2, 0) is 0 Å². The van der Waals surface area contributed by atoms with E-state index in [1.807, 2.05) is 31.2 Å². The summed E-state index contributed by atoms with van der Waals surface area (Å²) in [6.45, 7) is 1.83. The zero-order valence-electron chi connectivity index (χ0n) is 10.8. The summed E-state index contributed by atoms with van der Waals surface area (Å²) < 4.78 is 31.6. The molecule has 2 aromatic carbocycles. The van der Waals surface area contributed by atoms with Gasteiger partial charge >= 0.3 is 0 Å². The van der Waals surface area contributed by atoms with E-state index >= 15 is 0 Å². The Hall–Kier alpha value is -2.10. The lowest BCUT2D eigenvalue weighted by Gasteiger charge is -2.18. The first-order valence-electron chi connectivity index (χ1n) is 5.95. The number of rotatable bonds is 4. The molecule has 1 unspecified atom stereocenters. The van der Waals surface area contributed by atoms with Crippen LogP contribution in [-0.4, -0.2) is 7.11 Å². The molecule has 0 spiro atoms. The van der Waals surface area contributed by atoms with Crippen LogP contribution in [0.1, 0.15) is 18.5 Å². The van der Waals surface area contributed by atoms with Crippen molar-refractivity contribution in [1.29, 1.82) is 0 Å². The van der Waals surface area contributed by atoms with Gasteiger partial charge in [-0.1, -0.05) is 12.1 Å². The Morgan fingerprint density at radius 2 is 1.68 bits per heavy atom. The van der Waals surface area contributed by atoms with Gasteiger partial charge in [-0.3, -0.25) is 0 Å². The number of ether oxygens (including phenoxy) is 1. The fraction of sp³-hybridized carbons (Fsp3) is 0.200. The second-order valence-electron chi connectivity index (χ2n) is 4.27. The zero-order valence-corrected chi connectivity index (χ0v) is 10.8. The van der Waals surface area contributed by atoms with Crippen LogP contribution in [0, 0.1) is 11.6 Å². The van der Waals surface area contributed by atoms with Gasteiger partial charge in [-0.15, -0.1) is 0 Å². The average molecular weight is 263 g/mol. The minimum Gasteiger partial charge on any atom is -0.495 e. The Labute approximate surface area is 111 Å². The third-order valence-corrected chi connectivity index (χ3v) is 2.86. The van der Waals surface area contributed by atoms with Crippen LogP contribution in [0.5, 0.6) is 5.75 Å². The van der Waals surface area contributed by atoms with Crippen molar-refractivity contribution in [3.63, 3.8) is 0 Å². The lowest BCUT2D eigenvalue weighted by Crippen LogP contribution is -2.08. The number of para-hydroxylation sites is 2. The molecule has 19 heavy (non-hydrogen) atoms. The highest BCUT2D eigenvalue weighted by Gasteiger charge is 2.10. The molecule has 0 heterocycles. The van der Waals surface area contributed by atoms with Gasteiger partial charge in [-0.25, -0.2) is 8.78 Å². The molecule has 0 aliphatic rings. The Morgan fingerprint density at radius 1 is 1.05 bits per heavy atom. The van der Waals surface area contributed by atoms with Gasteiger partial charge in [-0.05, 0) is 36.8 Å². The van der Waals surface area contributed by atoms with E-state index in [4.69, 9.17) is 4.74 Å². The van der Waals surface area contributed by atoms with Crippen molar-refractivity contribution in [1.82, 2.24) is 0 Å². The summed E-state index contributed by atoms with van der Waals surface area (Å²) in [5.74, 6) is -0.474. The van der Waals surface area contributed by atoms with Gasteiger partial charge in [0, 0.05) is 12.1 Å². The van der Waals surface area contributed by atoms with Crippen LogP contribution in [0.4, 0.5) is 14.5 Å². The molecule has 1 N–H and O–H groups in total. The normalized spacial score (nSPS) is 12.0. The molecule has 2 nitrogen and oxygen atoms in total. The number of hydrogen-bond donors (Lipinski definition) is 1. The summed E-state index contributed by atoms with van der Waals surface area (Å²) in [6.07, 6.45) is 0. The van der Waals surface area contributed by atoms with Gasteiger partial charge in [0.05, 0.1) is 12.8 Å². The standard InChI is InChI=1S/C15H15F2NO/c1-10(11-7-12(16)9-13(17)8-11)18-14-5-3-4-6-15(14)19-2/h3-10,18H,1-2H3. The van der Waals surface area contributed by atoms with E-state index in [2.05, 4.69) is 5.32 Å². The molecule has 0 fully saturated rings. The highest BCUT2D eigenvalue weighted by Crippen LogP contribution is 2.28. The summed E-state index contributed by atoms with van der Waals surface area (Å²) in [5, 5.41) is 3.17. The smallest absolute Gasteiger partial charge is 0.141 e. The summed E-state index contributed by atoms with van der Waals surface area (Å²) in [5.41, 5.74) is 1.32. The van der Waals surface area contributed by atoms with Crippen LogP contribution in [0.25, 0.3) is 0 Å². The lowest BCUT2D eigenvalue weighted by atomic mass is 10.1. The van der Waals surface area contributed by atoms with E-state index in [9.17, 15) is 8.78 Å². The number of methoxy groups -OCH3 is 1. The first kappa shape index (κ1) is 13.3. The molecule has 0 aliphatic carbocycles. The van der Waals surface area contributed by atoms with Crippen molar-refractivity contribution in [2.45, 2.75) is 13.0 Å². The predicted molar refractivity (Wildman–Crippen MR) is 71.4 cm³/mol. The topological polar surface area (TPSA) is 21.3 Å². The minimum atomic E-state index is -0.580. The number of hydrogen-bond acceptors (Lipinski definition) is 2. The highest BCUT2D eigenvalue weighted by molar-refractivity contribution is 5.57. The zero-order chi connectivity index (χ0) is 13.8. The number of anilines is 1. The highest BCUT2D eigenvalue weighted by atomic mass is 19.1. The Kier molecular flexibility index (Phi) is 4.00. The van der Waals surface area contributed by atoms with E-state index in [0.29, 0.717) is 11.3 Å². The van der Waals surface area contributed by atoms with Crippen molar-refractivity contribution in [3.8, 4) is 5.75 Å². The van der Waals surface area contributed by atoms with E-state index in [1.54, 1.807) is 7.11 Å². The quantitative estimate of drug-likeness (QED) is 0.894. The fourth-order valence-corrected chi connectivity index (χ4v) is 1.91. The maximum Gasteiger partial charge on any atom is 0.141 e. The second kappa shape index (κ2) is 5.69. The van der Waals surface area contributed by atoms with Crippen molar-refractivity contribution >= 4 is 5.69 Å². The number of halogens is 2. The largest absolute Gasteiger partial charge is 0.495 e. The van der Waals surface area contributed by atoms with Crippen LogP contribution in [0.3, 0.4) is 0 Å². The summed E-state index contributed by atoms with van der Waals surface area (Å²) in [4.78, 5) is 0. The van der Waals surface area contributed by atoms with Crippen molar-refractivity contribution in [2.24, 2.45) is 0 Å². The molecule has 0 aliphatic heterocycles. The molecule has 0 saturated heterocycles. The molecular weight excluding hydrogens is 248 g/mol. The average Bonchev–Trinajstić information content (AvgIpc) is 2.38. The molecule has 4 heteroatoms. The summed E-state index contributed by atoms with van der Waals surface area (Å²) in [7, 11) is 1.58. The molecule has 0 radical (unpaired) electrons. The Bertz CT molecular complexity index is 552. The molecule has 0 amide bonds. The van der Waals surface area contributed by atoms with E-state index in [1.165, 1.54) is 12.1 Å². The monoisotopic (exact) mass is 263 g/mol. The minimum absolute atomic E-state index is 0.235. The summed E-state index contributed by atoms with van der Waals surface area (Å²) >= 11 is 0. The van der Waals surface area contributed by atoms with Crippen LogP contribution in [0.15, 0.2) is 42.5 Å². The maximum atomic E-state index is 13.2. The van der Waals surface area contributed by atoms with Crippen molar-refractivity contribution < 1.29 is 13.5 Å². The van der Waals surface area contributed by atoms with E-state index in [-0.39, 0.29) is 6.04 Å². The molecule has 1 atom stereocenters. The van der Waals surface area contributed by atoms with E-state index < -0.39 is 11.6 Å². The molecule has 100 valence electrons. The SMILES string of the molecule is COc1ccccc1NC(C)c1cc(F)cc(F)c1. The molecule has 2 aromatic rings. The first-order valence-corrected chi connectivity index (χ1v) is 5.95. The van der Waals surface area contributed by atoms with Gasteiger partial charge in [0.15, 0.2) is 0 Å². The molecule has 0 saturated carbocycles. The molecular formula is C15H15F2NO. The Morgan fingerprint density at radius 3 is 2.32 bits per heavy atom. The second-order valence-corrected chi connectivity index (χ2v) is 4.27. The van der Waals surface area contributed by atoms with Gasteiger partial charge < -0.3 is 10.1 Å². The van der Waals surface area contributed by atoms with E-state index in [0.717, 1.165) is 11.8 Å². The van der Waals surface area contributed by atoms with Gasteiger partial charge in [0.2, 0.25) is 0 Å². The first-order chi connectivity index (χ1) is 9.10. The van der Waals surface area contributed by atoms with Crippen LogP contribution >= 0.6 is 0 Å². The van der Waals surface area contributed by atoms with Crippen LogP contribution < -0.4 is 10.1 Å². The van der Waals surface area contributed by atoms with Gasteiger partial charge in [-0.2, -0.15) is 0 Å². The lowest BCUT2D eigenvalue weighted by molar-refractivity contribution is 0.416. The summed E-state index contributed by atoms with van der Waals surface area (Å²) in [6, 6.07) is 10.7. The van der Waals surface area contributed by atoms with Gasteiger partial charge in [0.25, 0.3) is 0 Å². The number of nitrogens with one attached hydrogen (secondary N) is 1. The fourth-order valence-electron chi connectivity index (χ4n) is 1.91. The molecule has 0 bridgehead atoms. The van der Waals surface area contributed by atoms with Gasteiger partial charge in [0.1, 0.15) is 17.4 Å². The van der Waals surface area contributed by atoms with Crippen molar-refractivity contribution in [3.05, 3.63) is 59.7 Å². The molecule has 2 rings (SSSR count). The number of benzene rings is 2. The van der Waals surface area contributed by atoms with Crippen molar-refractivity contribution in [2.75, 3.05) is 12.4 Å². The predicted octanol–water partition coefficient (Wildman–Crippen LogP) is 4.15. The molecule has 0 aromatic heterocycles. The third-order valence-electron chi connectivity index (χ3n) is 2.86.